The number of anilines is 1. The van der Waals surface area contributed by atoms with E-state index in [1.54, 1.807) is 7.11 Å². The Balaban J connectivity index is 1.97. The van der Waals surface area contributed by atoms with Gasteiger partial charge in [-0.1, -0.05) is 31.1 Å². The molecule has 1 unspecified atom stereocenters. The number of hydrogen-bond acceptors (Lipinski definition) is 5. The molecule has 1 heterocycles. The van der Waals surface area contributed by atoms with Gasteiger partial charge in [0, 0.05) is 19.2 Å². The summed E-state index contributed by atoms with van der Waals surface area (Å²) in [7, 11) is 1.66. The van der Waals surface area contributed by atoms with Gasteiger partial charge in [0.2, 0.25) is 11.7 Å². The van der Waals surface area contributed by atoms with Gasteiger partial charge in [-0.25, -0.2) is 0 Å². The molecule has 1 aromatic carbocycles. The second-order valence-corrected chi connectivity index (χ2v) is 5.19. The number of benzene rings is 1. The molecule has 1 atom stereocenters. The highest BCUT2D eigenvalue weighted by atomic mass is 16.5. The van der Waals surface area contributed by atoms with Crippen LogP contribution in [0.1, 0.15) is 37.2 Å². The maximum Gasteiger partial charge on any atom is 0.227 e. The lowest BCUT2D eigenvalue weighted by Gasteiger charge is -2.14. The number of rotatable bonds is 6. The van der Waals surface area contributed by atoms with E-state index < -0.39 is 0 Å². The van der Waals surface area contributed by atoms with Gasteiger partial charge in [0.15, 0.2) is 0 Å². The van der Waals surface area contributed by atoms with Crippen molar-refractivity contribution in [1.82, 2.24) is 10.1 Å². The minimum atomic E-state index is -0.121. The van der Waals surface area contributed by atoms with Crippen LogP contribution in [0.15, 0.2) is 28.8 Å². The largest absolute Gasteiger partial charge is 0.399 e. The Labute approximate surface area is 119 Å². The third-order valence-electron chi connectivity index (χ3n) is 3.20. The molecule has 0 aliphatic heterocycles. The molecule has 0 aliphatic rings. The molecule has 2 aromatic rings. The zero-order valence-electron chi connectivity index (χ0n) is 12.2. The number of methoxy groups -OCH3 is 1. The van der Waals surface area contributed by atoms with Gasteiger partial charge in [0.1, 0.15) is 6.10 Å². The van der Waals surface area contributed by atoms with Crippen molar-refractivity contribution in [2.45, 2.75) is 32.8 Å². The van der Waals surface area contributed by atoms with Crippen molar-refractivity contribution >= 4 is 5.69 Å². The van der Waals surface area contributed by atoms with Crippen molar-refractivity contribution in [2.75, 3.05) is 12.8 Å². The zero-order valence-corrected chi connectivity index (χ0v) is 12.2. The fourth-order valence-corrected chi connectivity index (χ4v) is 2.10. The summed E-state index contributed by atoms with van der Waals surface area (Å²) in [5.74, 6) is 1.57. The molecule has 0 radical (unpaired) electrons. The van der Waals surface area contributed by atoms with Gasteiger partial charge in [-0.15, -0.1) is 0 Å². The van der Waals surface area contributed by atoms with E-state index in [9.17, 15) is 0 Å². The van der Waals surface area contributed by atoms with E-state index in [0.717, 1.165) is 12.1 Å². The minimum Gasteiger partial charge on any atom is -0.399 e. The first-order valence-corrected chi connectivity index (χ1v) is 6.80. The Kier molecular flexibility index (Phi) is 4.74. The monoisotopic (exact) mass is 275 g/mol. The summed E-state index contributed by atoms with van der Waals surface area (Å²) in [6, 6.07) is 7.82. The predicted molar refractivity (Wildman–Crippen MR) is 77.1 cm³/mol. The molecule has 0 saturated heterocycles. The molecule has 5 heteroatoms. The molecule has 1 aromatic heterocycles. The lowest BCUT2D eigenvalue weighted by atomic mass is 10.1. The van der Waals surface area contributed by atoms with E-state index in [1.165, 1.54) is 5.56 Å². The van der Waals surface area contributed by atoms with Crippen molar-refractivity contribution in [3.05, 3.63) is 41.5 Å². The van der Waals surface area contributed by atoms with Crippen LogP contribution < -0.4 is 5.73 Å². The summed E-state index contributed by atoms with van der Waals surface area (Å²) in [5, 5.41) is 4.00. The fraction of sp³-hybridized carbons (Fsp3) is 0.467. The molecule has 20 heavy (non-hydrogen) atoms. The van der Waals surface area contributed by atoms with E-state index in [-0.39, 0.29) is 6.10 Å². The van der Waals surface area contributed by atoms with E-state index in [0.29, 0.717) is 24.1 Å². The summed E-state index contributed by atoms with van der Waals surface area (Å²) < 4.78 is 10.7. The minimum absolute atomic E-state index is 0.121. The van der Waals surface area contributed by atoms with Gasteiger partial charge in [-0.3, -0.25) is 0 Å². The van der Waals surface area contributed by atoms with Crippen molar-refractivity contribution < 1.29 is 9.26 Å². The van der Waals surface area contributed by atoms with Gasteiger partial charge in [0.05, 0.1) is 0 Å². The number of aryl methyl sites for hydroxylation is 2. The fourth-order valence-electron chi connectivity index (χ4n) is 2.10. The normalized spacial score (nSPS) is 12.8. The maximum atomic E-state index is 5.66. The second-order valence-electron chi connectivity index (χ2n) is 5.19. The quantitative estimate of drug-likeness (QED) is 0.820. The number of hydrogen-bond donors (Lipinski definition) is 1. The van der Waals surface area contributed by atoms with Gasteiger partial charge in [-0.05, 0) is 30.0 Å². The molecule has 2 N–H and O–H groups in total. The summed E-state index contributed by atoms with van der Waals surface area (Å²) in [4.78, 5) is 4.41. The highest BCUT2D eigenvalue weighted by Crippen LogP contribution is 2.22. The van der Waals surface area contributed by atoms with Crippen LogP contribution >= 0.6 is 0 Å². The van der Waals surface area contributed by atoms with Gasteiger partial charge < -0.3 is 15.0 Å². The molecule has 2 rings (SSSR count). The first kappa shape index (κ1) is 14.5. The second kappa shape index (κ2) is 6.52. The van der Waals surface area contributed by atoms with E-state index >= 15 is 0 Å². The summed E-state index contributed by atoms with van der Waals surface area (Å²) in [6.45, 7) is 4.14. The topological polar surface area (TPSA) is 74.2 Å². The SMILES string of the molecule is COC(c1noc(CCc2ccc(N)cc2)n1)C(C)C. The lowest BCUT2D eigenvalue weighted by Crippen LogP contribution is -2.10. The third kappa shape index (κ3) is 3.57. The number of ether oxygens (including phenoxy) is 1. The van der Waals surface area contributed by atoms with Gasteiger partial charge in [-0.2, -0.15) is 4.98 Å². The summed E-state index contributed by atoms with van der Waals surface area (Å²) >= 11 is 0. The van der Waals surface area contributed by atoms with Crippen LogP contribution in [0.25, 0.3) is 0 Å². The highest BCUT2D eigenvalue weighted by molar-refractivity contribution is 5.39. The third-order valence-corrected chi connectivity index (χ3v) is 3.20. The van der Waals surface area contributed by atoms with E-state index in [1.807, 2.05) is 24.3 Å². The van der Waals surface area contributed by atoms with Crippen molar-refractivity contribution in [3.63, 3.8) is 0 Å². The Morgan fingerprint density at radius 2 is 1.90 bits per heavy atom. The van der Waals surface area contributed by atoms with Crippen LogP contribution in [0.3, 0.4) is 0 Å². The molecule has 0 bridgehead atoms. The Morgan fingerprint density at radius 3 is 2.50 bits per heavy atom. The maximum absolute atomic E-state index is 5.66. The van der Waals surface area contributed by atoms with Crippen LogP contribution in [0.5, 0.6) is 0 Å². The zero-order chi connectivity index (χ0) is 14.5. The average molecular weight is 275 g/mol. The molecule has 0 saturated carbocycles. The Morgan fingerprint density at radius 1 is 1.20 bits per heavy atom. The molecular formula is C15H21N3O2. The van der Waals surface area contributed by atoms with Crippen LogP contribution in [-0.4, -0.2) is 17.3 Å². The molecule has 0 fully saturated rings. The molecule has 108 valence electrons. The van der Waals surface area contributed by atoms with Gasteiger partial charge >= 0.3 is 0 Å². The summed E-state index contributed by atoms with van der Waals surface area (Å²) in [6.07, 6.45) is 1.44. The van der Waals surface area contributed by atoms with E-state index in [4.69, 9.17) is 15.0 Å². The molecule has 0 amide bonds. The van der Waals surface area contributed by atoms with Crippen molar-refractivity contribution in [1.29, 1.82) is 0 Å². The first-order chi connectivity index (χ1) is 9.60. The number of nitrogens with two attached hydrogens (primary N) is 1. The Hall–Kier alpha value is -1.88. The number of nitrogen functional groups attached to an aromatic ring is 1. The standard InChI is InChI=1S/C15H21N3O2/c1-10(2)14(19-3)15-17-13(20-18-15)9-6-11-4-7-12(16)8-5-11/h4-5,7-8,10,14H,6,9,16H2,1-3H3. The Bertz CT molecular complexity index is 534. The molecular weight excluding hydrogens is 254 g/mol. The van der Waals surface area contributed by atoms with Crippen molar-refractivity contribution in [2.24, 2.45) is 5.92 Å². The van der Waals surface area contributed by atoms with Crippen LogP contribution in [0, 0.1) is 5.92 Å². The first-order valence-electron chi connectivity index (χ1n) is 6.80. The lowest BCUT2D eigenvalue weighted by molar-refractivity contribution is 0.0555. The predicted octanol–water partition coefficient (Wildman–Crippen LogP) is 2.78. The number of aromatic nitrogens is 2. The average Bonchev–Trinajstić information content (AvgIpc) is 2.87. The molecule has 5 nitrogen and oxygen atoms in total. The van der Waals surface area contributed by atoms with Gasteiger partial charge in [0.25, 0.3) is 0 Å². The molecule has 0 aliphatic carbocycles. The smallest absolute Gasteiger partial charge is 0.227 e. The summed E-state index contributed by atoms with van der Waals surface area (Å²) in [5.41, 5.74) is 7.63. The number of nitrogens with zero attached hydrogens (tertiary/aromatic N) is 2. The highest BCUT2D eigenvalue weighted by Gasteiger charge is 2.21. The van der Waals surface area contributed by atoms with Crippen LogP contribution in [-0.2, 0) is 17.6 Å². The van der Waals surface area contributed by atoms with E-state index in [2.05, 4.69) is 24.0 Å². The van der Waals surface area contributed by atoms with Crippen LogP contribution in [0.2, 0.25) is 0 Å². The van der Waals surface area contributed by atoms with Crippen LogP contribution in [0.4, 0.5) is 5.69 Å². The molecule has 0 spiro atoms. The van der Waals surface area contributed by atoms with Crippen molar-refractivity contribution in [3.8, 4) is 0 Å².